The van der Waals surface area contributed by atoms with E-state index in [0.717, 1.165) is 10.9 Å². The zero-order valence-corrected chi connectivity index (χ0v) is 11.9. The van der Waals surface area contributed by atoms with E-state index in [2.05, 4.69) is 15.5 Å². The Hall–Kier alpha value is -2.22. The van der Waals surface area contributed by atoms with E-state index < -0.39 is 5.51 Å². The molecule has 0 amide bonds. The highest BCUT2D eigenvalue weighted by Gasteiger charge is 2.28. The Bertz CT molecular complexity index is 771. The van der Waals surface area contributed by atoms with Gasteiger partial charge < -0.3 is 9.84 Å². The quantitative estimate of drug-likeness (QED) is 0.718. The van der Waals surface area contributed by atoms with Gasteiger partial charge in [-0.2, -0.15) is 13.2 Å². The summed E-state index contributed by atoms with van der Waals surface area (Å²) < 4.78 is 41.8. The molecule has 4 nitrogen and oxygen atoms in total. The first-order chi connectivity index (χ1) is 10.5. The number of hydrogen-bond acceptors (Lipinski definition) is 5. The maximum absolute atomic E-state index is 12.3. The monoisotopic (exact) mass is 325 g/mol. The number of alkyl halides is 3. The Morgan fingerprint density at radius 1 is 1.14 bits per heavy atom. The molecular formula is C14H10F3N3OS. The van der Waals surface area contributed by atoms with Crippen molar-refractivity contribution in [2.75, 3.05) is 5.32 Å². The van der Waals surface area contributed by atoms with Crippen molar-refractivity contribution < 1.29 is 17.7 Å². The molecule has 0 fully saturated rings. The van der Waals surface area contributed by atoms with Gasteiger partial charge in [-0.1, -0.05) is 17.3 Å². The van der Waals surface area contributed by atoms with E-state index in [1.54, 1.807) is 24.4 Å². The van der Waals surface area contributed by atoms with Crippen molar-refractivity contribution in [1.82, 2.24) is 10.1 Å². The summed E-state index contributed by atoms with van der Waals surface area (Å²) in [4.78, 5) is 4.18. The van der Waals surface area contributed by atoms with E-state index in [9.17, 15) is 13.2 Å². The fraction of sp³-hybridized carbons (Fsp3) is 0.143. The molecule has 0 unspecified atom stereocenters. The van der Waals surface area contributed by atoms with Crippen molar-refractivity contribution in [2.24, 2.45) is 0 Å². The molecule has 0 aliphatic rings. The molecule has 114 valence electrons. The van der Waals surface area contributed by atoms with E-state index in [-0.39, 0.29) is 16.7 Å². The molecule has 1 aromatic carbocycles. The minimum Gasteiger partial charge on any atom is -0.363 e. The van der Waals surface area contributed by atoms with Crippen molar-refractivity contribution in [1.29, 1.82) is 0 Å². The molecule has 0 aliphatic heterocycles. The maximum atomic E-state index is 12.3. The van der Waals surface area contributed by atoms with E-state index in [4.69, 9.17) is 4.52 Å². The van der Waals surface area contributed by atoms with Crippen molar-refractivity contribution in [3.05, 3.63) is 48.2 Å². The highest BCUT2D eigenvalue weighted by atomic mass is 32.2. The van der Waals surface area contributed by atoms with Crippen LogP contribution in [0.25, 0.3) is 11.1 Å². The standard InChI is InChI=1S/C14H10F3N3OS/c15-14(16,17)22-10-5-3-9(4-6-10)8-19-12-11-2-1-7-18-13(11)21-20-12/h1-7H,8H2,(H,19,20). The molecule has 2 heterocycles. The molecule has 0 bridgehead atoms. The molecule has 0 atom stereocenters. The van der Waals surface area contributed by atoms with Gasteiger partial charge in [-0.05, 0) is 41.6 Å². The second-order valence-electron chi connectivity index (χ2n) is 4.43. The summed E-state index contributed by atoms with van der Waals surface area (Å²) in [5.41, 5.74) is -3.00. The van der Waals surface area contributed by atoms with Gasteiger partial charge in [0.2, 0.25) is 0 Å². The number of hydrogen-bond donors (Lipinski definition) is 1. The lowest BCUT2D eigenvalue weighted by molar-refractivity contribution is -0.0328. The van der Waals surface area contributed by atoms with Crippen molar-refractivity contribution >= 4 is 28.7 Å². The average Bonchev–Trinajstić information content (AvgIpc) is 2.88. The molecule has 8 heteroatoms. The lowest BCUT2D eigenvalue weighted by atomic mass is 10.2. The van der Waals surface area contributed by atoms with Gasteiger partial charge in [-0.25, -0.2) is 4.98 Å². The number of benzene rings is 1. The molecule has 3 aromatic rings. The summed E-state index contributed by atoms with van der Waals surface area (Å²) in [5.74, 6) is 0.553. The average molecular weight is 325 g/mol. The number of aromatic nitrogens is 2. The fourth-order valence-corrected chi connectivity index (χ4v) is 2.44. The van der Waals surface area contributed by atoms with Gasteiger partial charge in [-0.3, -0.25) is 0 Å². The molecule has 2 aromatic heterocycles. The molecule has 0 saturated heterocycles. The van der Waals surface area contributed by atoms with E-state index in [1.807, 2.05) is 6.07 Å². The predicted octanol–water partition coefficient (Wildman–Crippen LogP) is 4.45. The Morgan fingerprint density at radius 2 is 1.91 bits per heavy atom. The lowest BCUT2D eigenvalue weighted by Crippen LogP contribution is -2.01. The van der Waals surface area contributed by atoms with Crippen molar-refractivity contribution in [3.8, 4) is 0 Å². The number of nitrogens with zero attached hydrogens (tertiary/aromatic N) is 2. The molecule has 1 N–H and O–H groups in total. The van der Waals surface area contributed by atoms with Gasteiger partial charge in [-0.15, -0.1) is 0 Å². The van der Waals surface area contributed by atoms with Gasteiger partial charge in [0.1, 0.15) is 0 Å². The number of rotatable bonds is 4. The van der Waals surface area contributed by atoms with Gasteiger partial charge in [0.05, 0.1) is 5.39 Å². The van der Waals surface area contributed by atoms with Gasteiger partial charge >= 0.3 is 5.51 Å². The fourth-order valence-electron chi connectivity index (χ4n) is 1.90. The molecule has 22 heavy (non-hydrogen) atoms. The topological polar surface area (TPSA) is 51.0 Å². The number of nitrogens with one attached hydrogen (secondary N) is 1. The Kier molecular flexibility index (Phi) is 3.93. The number of thioether (sulfide) groups is 1. The van der Waals surface area contributed by atoms with E-state index in [1.165, 1.54) is 12.1 Å². The van der Waals surface area contributed by atoms with Gasteiger partial charge in [0.25, 0.3) is 5.71 Å². The highest BCUT2D eigenvalue weighted by Crippen LogP contribution is 2.36. The summed E-state index contributed by atoms with van der Waals surface area (Å²) in [6.45, 7) is 0.424. The van der Waals surface area contributed by atoms with Crippen molar-refractivity contribution in [2.45, 2.75) is 16.9 Å². The van der Waals surface area contributed by atoms with E-state index >= 15 is 0 Å². The molecule has 0 radical (unpaired) electrons. The minimum absolute atomic E-state index is 0.129. The first-order valence-electron chi connectivity index (χ1n) is 6.30. The van der Waals surface area contributed by atoms with Crippen LogP contribution in [-0.4, -0.2) is 15.6 Å². The largest absolute Gasteiger partial charge is 0.446 e. The number of pyridine rings is 1. The first-order valence-corrected chi connectivity index (χ1v) is 7.12. The van der Waals surface area contributed by atoms with Crippen molar-refractivity contribution in [3.63, 3.8) is 0 Å². The van der Waals surface area contributed by atoms with Gasteiger partial charge in [0, 0.05) is 17.6 Å². The Labute approximate surface area is 127 Å². The zero-order chi connectivity index (χ0) is 15.6. The molecule has 3 rings (SSSR count). The van der Waals surface area contributed by atoms with Crippen LogP contribution < -0.4 is 5.32 Å². The number of anilines is 1. The SMILES string of the molecule is FC(F)(F)Sc1ccc(CNc2noc3ncccc23)cc1. The third-order valence-electron chi connectivity index (χ3n) is 2.87. The number of fused-ring (bicyclic) bond motifs is 1. The number of halogens is 3. The van der Waals surface area contributed by atoms with Gasteiger partial charge in [0.15, 0.2) is 5.82 Å². The first kappa shape index (κ1) is 14.7. The summed E-state index contributed by atoms with van der Waals surface area (Å²) in [5, 5.41) is 7.71. The lowest BCUT2D eigenvalue weighted by Gasteiger charge is -2.07. The Balaban J connectivity index is 1.66. The van der Waals surface area contributed by atoms with Crippen LogP contribution in [0, 0.1) is 0 Å². The third-order valence-corrected chi connectivity index (χ3v) is 3.61. The maximum Gasteiger partial charge on any atom is 0.446 e. The van der Waals surface area contributed by atoms with Crippen LogP contribution >= 0.6 is 11.8 Å². The van der Waals surface area contributed by atoms with Crippen LogP contribution in [0.2, 0.25) is 0 Å². The van der Waals surface area contributed by atoms with Crippen LogP contribution in [0.4, 0.5) is 19.0 Å². The second-order valence-corrected chi connectivity index (χ2v) is 5.57. The molecule has 0 saturated carbocycles. The van der Waals surface area contributed by atoms with E-state index in [0.29, 0.717) is 18.1 Å². The molecule has 0 aliphatic carbocycles. The molecule has 0 spiro atoms. The van der Waals surface area contributed by atoms with Crippen LogP contribution in [-0.2, 0) is 6.54 Å². The van der Waals surface area contributed by atoms with Crippen LogP contribution in [0.3, 0.4) is 0 Å². The minimum atomic E-state index is -4.27. The second kappa shape index (κ2) is 5.88. The molecular weight excluding hydrogens is 315 g/mol. The Morgan fingerprint density at radius 3 is 2.64 bits per heavy atom. The van der Waals surface area contributed by atoms with Crippen LogP contribution in [0.1, 0.15) is 5.56 Å². The summed E-state index contributed by atoms with van der Waals surface area (Å²) >= 11 is -0.129. The third kappa shape index (κ3) is 3.51. The predicted molar refractivity (Wildman–Crippen MR) is 77.5 cm³/mol. The normalized spacial score (nSPS) is 11.8. The smallest absolute Gasteiger partial charge is 0.363 e. The summed E-state index contributed by atoms with van der Waals surface area (Å²) in [6, 6.07) is 9.76. The highest BCUT2D eigenvalue weighted by molar-refractivity contribution is 8.00. The summed E-state index contributed by atoms with van der Waals surface area (Å²) in [6.07, 6.45) is 1.61. The van der Waals surface area contributed by atoms with Crippen LogP contribution in [0.5, 0.6) is 0 Å². The zero-order valence-electron chi connectivity index (χ0n) is 11.1. The summed E-state index contributed by atoms with van der Waals surface area (Å²) in [7, 11) is 0. The van der Waals surface area contributed by atoms with Crippen LogP contribution in [0.15, 0.2) is 52.0 Å².